The molecule has 4 rings (SSSR count). The smallest absolute Gasteiger partial charge is 0.343 e. The predicted octanol–water partition coefficient (Wildman–Crippen LogP) is 9.64. The first-order chi connectivity index (χ1) is 20.2. The number of rotatable bonds is 16. The van der Waals surface area contributed by atoms with Gasteiger partial charge < -0.3 is 9.47 Å². The van der Waals surface area contributed by atoms with Crippen LogP contribution in [0.1, 0.15) is 113 Å². The number of hydrogen-bond acceptors (Lipinski definition) is 5. The van der Waals surface area contributed by atoms with Crippen LogP contribution in [0.4, 0.5) is 0 Å². The van der Waals surface area contributed by atoms with E-state index >= 15 is 0 Å². The summed E-state index contributed by atoms with van der Waals surface area (Å²) in [5, 5.41) is 0. The molecule has 0 N–H and O–H groups in total. The van der Waals surface area contributed by atoms with Crippen LogP contribution in [0.3, 0.4) is 0 Å². The molecule has 41 heavy (non-hydrogen) atoms. The van der Waals surface area contributed by atoms with Gasteiger partial charge >= 0.3 is 5.97 Å². The van der Waals surface area contributed by atoms with Gasteiger partial charge in [0.2, 0.25) is 0 Å². The van der Waals surface area contributed by atoms with Crippen molar-refractivity contribution in [2.45, 2.75) is 104 Å². The first kappa shape index (κ1) is 30.7. The standard InChI is InChI=1S/C36H48N2O3/c1-3-5-7-12-28-26-37-35(38-27-28)31-17-19-32(20-18-31)36(39)41-34-23-21-33(22-24-34)40-25-11-16-30-15-10-9-14-29(30)13-8-6-4-2/h17-24,26-27,29-30H,3-16,25H2,1-2H3. The van der Waals surface area contributed by atoms with E-state index in [0.29, 0.717) is 17.1 Å². The van der Waals surface area contributed by atoms with E-state index in [-0.39, 0.29) is 0 Å². The summed E-state index contributed by atoms with van der Waals surface area (Å²) in [6.45, 7) is 5.22. The maximum Gasteiger partial charge on any atom is 0.343 e. The van der Waals surface area contributed by atoms with Crippen molar-refractivity contribution in [1.82, 2.24) is 9.97 Å². The van der Waals surface area contributed by atoms with Crippen molar-refractivity contribution in [3.63, 3.8) is 0 Å². The van der Waals surface area contributed by atoms with E-state index in [2.05, 4.69) is 23.8 Å². The molecule has 1 aliphatic rings. The lowest BCUT2D eigenvalue weighted by atomic mass is 9.74. The lowest BCUT2D eigenvalue weighted by molar-refractivity contribution is 0.0734. The van der Waals surface area contributed by atoms with Gasteiger partial charge in [-0.25, -0.2) is 14.8 Å². The van der Waals surface area contributed by atoms with Crippen LogP contribution in [0.5, 0.6) is 11.5 Å². The minimum atomic E-state index is -0.390. The second kappa shape index (κ2) is 16.9. The number of aryl methyl sites for hydroxylation is 1. The maximum absolute atomic E-state index is 12.7. The molecule has 1 aliphatic carbocycles. The minimum Gasteiger partial charge on any atom is -0.494 e. The van der Waals surface area contributed by atoms with Crippen LogP contribution in [0, 0.1) is 11.8 Å². The highest BCUT2D eigenvalue weighted by molar-refractivity contribution is 5.91. The molecule has 0 bridgehead atoms. The van der Waals surface area contributed by atoms with E-state index in [9.17, 15) is 4.79 Å². The van der Waals surface area contributed by atoms with E-state index in [1.165, 1.54) is 70.6 Å². The number of benzene rings is 2. The molecule has 0 saturated heterocycles. The zero-order valence-corrected chi connectivity index (χ0v) is 25.2. The predicted molar refractivity (Wildman–Crippen MR) is 166 cm³/mol. The number of carbonyl (C=O) groups is 1. The highest BCUT2D eigenvalue weighted by Gasteiger charge is 2.24. The average molecular weight is 557 g/mol. The van der Waals surface area contributed by atoms with Crippen molar-refractivity contribution in [3.8, 4) is 22.9 Å². The van der Waals surface area contributed by atoms with Crippen molar-refractivity contribution < 1.29 is 14.3 Å². The SMILES string of the molecule is CCCCCc1cnc(-c2ccc(C(=O)Oc3ccc(OCCCC4CCCCC4CCCCC)cc3)cc2)nc1. The molecular weight excluding hydrogens is 508 g/mol. The zero-order valence-electron chi connectivity index (χ0n) is 25.2. The second-order valence-electron chi connectivity index (χ2n) is 11.6. The van der Waals surface area contributed by atoms with Crippen LogP contribution in [0.15, 0.2) is 60.9 Å². The first-order valence-corrected chi connectivity index (χ1v) is 16.0. The summed E-state index contributed by atoms with van der Waals surface area (Å²) < 4.78 is 11.6. The van der Waals surface area contributed by atoms with Crippen LogP contribution < -0.4 is 9.47 Å². The monoisotopic (exact) mass is 556 g/mol. The fourth-order valence-electron chi connectivity index (χ4n) is 5.97. The largest absolute Gasteiger partial charge is 0.494 e. The fraction of sp³-hybridized carbons (Fsp3) is 0.528. The van der Waals surface area contributed by atoms with Crippen molar-refractivity contribution in [1.29, 1.82) is 0 Å². The molecule has 3 aromatic rings. The number of unbranched alkanes of at least 4 members (excludes halogenated alkanes) is 4. The van der Waals surface area contributed by atoms with Gasteiger partial charge in [-0.1, -0.05) is 90.2 Å². The lowest BCUT2D eigenvalue weighted by Crippen LogP contribution is -2.20. The van der Waals surface area contributed by atoms with E-state index < -0.39 is 5.97 Å². The molecule has 2 unspecified atom stereocenters. The molecule has 220 valence electrons. The Bertz CT molecular complexity index is 1160. The van der Waals surface area contributed by atoms with Gasteiger partial charge in [0.25, 0.3) is 0 Å². The average Bonchev–Trinajstić information content (AvgIpc) is 3.01. The maximum atomic E-state index is 12.7. The molecule has 1 heterocycles. The summed E-state index contributed by atoms with van der Waals surface area (Å²) in [5.74, 6) is 3.37. The van der Waals surface area contributed by atoms with Crippen molar-refractivity contribution >= 4 is 5.97 Å². The fourth-order valence-corrected chi connectivity index (χ4v) is 5.97. The van der Waals surface area contributed by atoms with Crippen molar-refractivity contribution in [2.24, 2.45) is 11.8 Å². The molecule has 1 saturated carbocycles. The van der Waals surface area contributed by atoms with Crippen molar-refractivity contribution in [3.05, 3.63) is 72.1 Å². The summed E-state index contributed by atoms with van der Waals surface area (Å²) in [6.07, 6.45) is 21.8. The van der Waals surface area contributed by atoms with Crippen LogP contribution in [0.25, 0.3) is 11.4 Å². The van der Waals surface area contributed by atoms with Crippen LogP contribution >= 0.6 is 0 Å². The molecule has 5 heteroatoms. The molecule has 1 fully saturated rings. The van der Waals surface area contributed by atoms with Gasteiger partial charge in [0.15, 0.2) is 5.82 Å². The van der Waals surface area contributed by atoms with Crippen LogP contribution in [-0.4, -0.2) is 22.5 Å². The van der Waals surface area contributed by atoms with E-state index in [0.717, 1.165) is 54.6 Å². The first-order valence-electron chi connectivity index (χ1n) is 16.0. The topological polar surface area (TPSA) is 61.3 Å². The molecule has 0 radical (unpaired) electrons. The van der Waals surface area contributed by atoms with E-state index in [1.807, 2.05) is 36.7 Å². The molecule has 0 aliphatic heterocycles. The van der Waals surface area contributed by atoms with Crippen LogP contribution in [-0.2, 0) is 6.42 Å². The number of ether oxygens (including phenoxy) is 2. The number of esters is 1. The van der Waals surface area contributed by atoms with Gasteiger partial charge in [0.05, 0.1) is 12.2 Å². The Labute approximate surface area is 247 Å². The number of hydrogen-bond donors (Lipinski definition) is 0. The molecule has 2 atom stereocenters. The summed E-state index contributed by atoms with van der Waals surface area (Å²) in [5.41, 5.74) is 2.52. The third kappa shape index (κ3) is 9.98. The van der Waals surface area contributed by atoms with E-state index in [1.54, 1.807) is 24.3 Å². The molecule has 0 spiro atoms. The normalized spacial score (nSPS) is 16.8. The molecule has 1 aromatic heterocycles. The summed E-state index contributed by atoms with van der Waals surface area (Å²) in [7, 11) is 0. The highest BCUT2D eigenvalue weighted by atomic mass is 16.5. The van der Waals surface area contributed by atoms with Gasteiger partial charge in [-0.15, -0.1) is 0 Å². The Morgan fingerprint density at radius 3 is 2.02 bits per heavy atom. The highest BCUT2D eigenvalue weighted by Crippen LogP contribution is 2.36. The van der Waals surface area contributed by atoms with Gasteiger partial charge in [-0.2, -0.15) is 0 Å². The number of nitrogens with zero attached hydrogens (tertiary/aromatic N) is 2. The quantitative estimate of drug-likeness (QED) is 0.0998. The molecule has 2 aromatic carbocycles. The number of carbonyl (C=O) groups excluding carboxylic acids is 1. The van der Waals surface area contributed by atoms with Crippen LogP contribution in [0.2, 0.25) is 0 Å². The molecule has 5 nitrogen and oxygen atoms in total. The third-order valence-electron chi connectivity index (χ3n) is 8.42. The Kier molecular flexibility index (Phi) is 12.7. The van der Waals surface area contributed by atoms with Gasteiger partial charge in [-0.05, 0) is 79.5 Å². The minimum absolute atomic E-state index is 0.390. The Balaban J connectivity index is 1.19. The van der Waals surface area contributed by atoms with E-state index in [4.69, 9.17) is 9.47 Å². The Morgan fingerprint density at radius 1 is 0.756 bits per heavy atom. The second-order valence-corrected chi connectivity index (χ2v) is 11.6. The summed E-state index contributed by atoms with van der Waals surface area (Å²) in [6, 6.07) is 14.6. The van der Waals surface area contributed by atoms with Crippen molar-refractivity contribution in [2.75, 3.05) is 6.61 Å². The zero-order chi connectivity index (χ0) is 28.7. The Hall–Kier alpha value is -3.21. The molecular formula is C36H48N2O3. The summed E-state index contributed by atoms with van der Waals surface area (Å²) in [4.78, 5) is 21.7. The summed E-state index contributed by atoms with van der Waals surface area (Å²) >= 11 is 0. The van der Waals surface area contributed by atoms with Gasteiger partial charge in [-0.3, -0.25) is 0 Å². The Morgan fingerprint density at radius 2 is 1.37 bits per heavy atom. The lowest BCUT2D eigenvalue weighted by Gasteiger charge is -2.31. The molecule has 0 amide bonds. The third-order valence-corrected chi connectivity index (χ3v) is 8.42. The van der Waals surface area contributed by atoms with Gasteiger partial charge in [0.1, 0.15) is 11.5 Å². The van der Waals surface area contributed by atoms with Gasteiger partial charge in [0, 0.05) is 18.0 Å². The number of aromatic nitrogens is 2.